The van der Waals surface area contributed by atoms with E-state index in [-0.39, 0.29) is 5.41 Å². The number of hydrogen-bond acceptors (Lipinski definition) is 1. The van der Waals surface area contributed by atoms with Crippen LogP contribution in [0.3, 0.4) is 0 Å². The zero-order valence-corrected chi connectivity index (χ0v) is 11.1. The molecule has 0 aliphatic carbocycles. The molecule has 2 aromatic rings. The molecule has 0 N–H and O–H groups in total. The molecule has 2 rings (SSSR count). The summed E-state index contributed by atoms with van der Waals surface area (Å²) in [5, 5.41) is 0. The molecule has 0 aliphatic heterocycles. The summed E-state index contributed by atoms with van der Waals surface area (Å²) >= 11 is 3.53. The molecule has 2 nitrogen and oxygen atoms in total. The molecule has 2 heterocycles. The van der Waals surface area contributed by atoms with Gasteiger partial charge in [0.05, 0.1) is 5.69 Å². The fourth-order valence-electron chi connectivity index (χ4n) is 1.47. The summed E-state index contributed by atoms with van der Waals surface area (Å²) < 4.78 is 3.19. The van der Waals surface area contributed by atoms with Gasteiger partial charge in [0.1, 0.15) is 5.65 Å². The molecule has 0 bridgehead atoms. The van der Waals surface area contributed by atoms with E-state index >= 15 is 0 Å². The van der Waals surface area contributed by atoms with Crippen LogP contribution in [0.2, 0.25) is 0 Å². The van der Waals surface area contributed by atoms with Gasteiger partial charge in [-0.15, -0.1) is 0 Å². The van der Waals surface area contributed by atoms with Gasteiger partial charge in [-0.2, -0.15) is 0 Å². The Morgan fingerprint density at radius 3 is 2.53 bits per heavy atom. The predicted octanol–water partition coefficient (Wildman–Crippen LogP) is 3.70. The van der Waals surface area contributed by atoms with Crippen molar-refractivity contribution in [2.45, 2.75) is 33.1 Å². The van der Waals surface area contributed by atoms with Crippen molar-refractivity contribution in [2.75, 3.05) is 0 Å². The number of imidazole rings is 1. The summed E-state index contributed by atoms with van der Waals surface area (Å²) in [6.07, 6.45) is 4.16. The van der Waals surface area contributed by atoms with Gasteiger partial charge in [0, 0.05) is 22.3 Å². The Labute approximate surface area is 98.5 Å². The first-order valence-electron chi connectivity index (χ1n) is 5.03. The number of halogens is 1. The van der Waals surface area contributed by atoms with Crippen LogP contribution in [-0.4, -0.2) is 9.38 Å². The minimum Gasteiger partial charge on any atom is -0.306 e. The van der Waals surface area contributed by atoms with Crippen molar-refractivity contribution < 1.29 is 0 Å². The van der Waals surface area contributed by atoms with E-state index in [1.54, 1.807) is 0 Å². The van der Waals surface area contributed by atoms with Crippen molar-refractivity contribution in [3.63, 3.8) is 0 Å². The number of pyridine rings is 1. The average Bonchev–Trinajstić information content (AvgIpc) is 2.47. The maximum absolute atomic E-state index is 4.63. The lowest BCUT2D eigenvalue weighted by Gasteiger charge is -2.13. The van der Waals surface area contributed by atoms with Crippen LogP contribution in [-0.2, 0) is 5.41 Å². The highest BCUT2D eigenvalue weighted by Crippen LogP contribution is 2.24. The number of nitrogens with zero attached hydrogens (tertiary/aromatic N) is 2. The van der Waals surface area contributed by atoms with Gasteiger partial charge in [-0.3, -0.25) is 0 Å². The second kappa shape index (κ2) is 3.34. The monoisotopic (exact) mass is 266 g/mol. The normalized spacial score (nSPS) is 12.3. The predicted molar refractivity (Wildman–Crippen MR) is 66.3 cm³/mol. The molecule has 0 radical (unpaired) electrons. The maximum Gasteiger partial charge on any atom is 0.137 e. The summed E-state index contributed by atoms with van der Waals surface area (Å²) in [5.74, 6) is 0. The first kappa shape index (κ1) is 10.7. The summed E-state index contributed by atoms with van der Waals surface area (Å²) in [6, 6.07) is 2.10. The van der Waals surface area contributed by atoms with E-state index in [0.29, 0.717) is 0 Å². The fraction of sp³-hybridized carbons (Fsp3) is 0.417. The van der Waals surface area contributed by atoms with Crippen molar-refractivity contribution in [2.24, 2.45) is 0 Å². The van der Waals surface area contributed by atoms with Crippen molar-refractivity contribution in [3.05, 3.63) is 34.2 Å². The van der Waals surface area contributed by atoms with Gasteiger partial charge < -0.3 is 4.40 Å². The zero-order chi connectivity index (χ0) is 11.2. The lowest BCUT2D eigenvalue weighted by atomic mass is 9.93. The van der Waals surface area contributed by atoms with Gasteiger partial charge in [-0.25, -0.2) is 4.98 Å². The Kier molecular flexibility index (Phi) is 2.38. The second-order valence-corrected chi connectivity index (χ2v) is 5.80. The van der Waals surface area contributed by atoms with E-state index in [1.807, 2.05) is 0 Å². The molecule has 3 heteroatoms. The number of rotatable bonds is 0. The lowest BCUT2D eigenvalue weighted by Crippen LogP contribution is -2.11. The molecule has 80 valence electrons. The minimum atomic E-state index is 0.104. The number of aryl methyl sites for hydroxylation is 1. The van der Waals surface area contributed by atoms with Crippen LogP contribution in [0.15, 0.2) is 22.9 Å². The first-order chi connectivity index (χ1) is 6.88. The van der Waals surface area contributed by atoms with Crippen molar-refractivity contribution in [1.82, 2.24) is 9.38 Å². The third-order valence-electron chi connectivity index (χ3n) is 2.50. The molecule has 0 aromatic carbocycles. The number of aromatic nitrogens is 2. The first-order valence-corrected chi connectivity index (χ1v) is 5.82. The molecule has 0 fully saturated rings. The Morgan fingerprint density at radius 1 is 1.27 bits per heavy atom. The van der Waals surface area contributed by atoms with E-state index in [9.17, 15) is 0 Å². The highest BCUT2D eigenvalue weighted by atomic mass is 79.9. The Morgan fingerprint density at radius 2 is 1.93 bits per heavy atom. The van der Waals surface area contributed by atoms with Gasteiger partial charge in [0.15, 0.2) is 0 Å². The SMILES string of the molecule is Cc1cc2nc(C(C)(C)C)cn2cc1Br. The molecular formula is C12H15BrN2. The molecule has 0 saturated heterocycles. The molecule has 0 atom stereocenters. The molecule has 0 spiro atoms. The second-order valence-electron chi connectivity index (χ2n) is 4.95. The molecule has 0 amide bonds. The summed E-state index contributed by atoms with van der Waals surface area (Å²) in [6.45, 7) is 8.61. The Balaban J connectivity index is 2.66. The molecule has 0 aliphatic rings. The van der Waals surface area contributed by atoms with E-state index < -0.39 is 0 Å². The largest absolute Gasteiger partial charge is 0.306 e. The van der Waals surface area contributed by atoms with Crippen LogP contribution >= 0.6 is 15.9 Å². The van der Waals surface area contributed by atoms with Gasteiger partial charge in [0.25, 0.3) is 0 Å². The van der Waals surface area contributed by atoms with E-state index in [2.05, 4.69) is 71.5 Å². The van der Waals surface area contributed by atoms with Crippen LogP contribution in [0.4, 0.5) is 0 Å². The van der Waals surface area contributed by atoms with Gasteiger partial charge >= 0.3 is 0 Å². The molecular weight excluding hydrogens is 252 g/mol. The molecule has 0 unspecified atom stereocenters. The standard InChI is InChI=1S/C12H15BrN2/c1-8-5-11-14-10(12(2,3)4)7-15(11)6-9(8)13/h5-7H,1-4H3. The van der Waals surface area contributed by atoms with Crippen LogP contribution in [0.5, 0.6) is 0 Å². The van der Waals surface area contributed by atoms with Crippen molar-refractivity contribution in [1.29, 1.82) is 0 Å². The van der Waals surface area contributed by atoms with E-state index in [0.717, 1.165) is 15.8 Å². The van der Waals surface area contributed by atoms with Crippen LogP contribution in [0.1, 0.15) is 32.0 Å². The topological polar surface area (TPSA) is 17.3 Å². The van der Waals surface area contributed by atoms with E-state index in [1.165, 1.54) is 5.56 Å². The highest BCUT2D eigenvalue weighted by Gasteiger charge is 2.17. The number of hydrogen-bond donors (Lipinski definition) is 0. The van der Waals surface area contributed by atoms with Gasteiger partial charge in [-0.1, -0.05) is 20.8 Å². The average molecular weight is 267 g/mol. The smallest absolute Gasteiger partial charge is 0.137 e. The molecule has 15 heavy (non-hydrogen) atoms. The minimum absolute atomic E-state index is 0.104. The zero-order valence-electron chi connectivity index (χ0n) is 9.50. The maximum atomic E-state index is 4.63. The lowest BCUT2D eigenvalue weighted by molar-refractivity contribution is 0.573. The number of fused-ring (bicyclic) bond motifs is 1. The summed E-state index contributed by atoms with van der Waals surface area (Å²) in [7, 11) is 0. The van der Waals surface area contributed by atoms with Crippen LogP contribution in [0, 0.1) is 6.92 Å². The van der Waals surface area contributed by atoms with E-state index in [4.69, 9.17) is 0 Å². The van der Waals surface area contributed by atoms with Crippen molar-refractivity contribution in [3.8, 4) is 0 Å². The van der Waals surface area contributed by atoms with Gasteiger partial charge in [-0.05, 0) is 34.5 Å². The molecule has 2 aromatic heterocycles. The summed E-state index contributed by atoms with van der Waals surface area (Å²) in [5.41, 5.74) is 3.46. The van der Waals surface area contributed by atoms with Crippen LogP contribution < -0.4 is 0 Å². The van der Waals surface area contributed by atoms with Crippen molar-refractivity contribution >= 4 is 21.6 Å². The third-order valence-corrected chi connectivity index (χ3v) is 3.33. The van der Waals surface area contributed by atoms with Crippen LogP contribution in [0.25, 0.3) is 5.65 Å². The van der Waals surface area contributed by atoms with Gasteiger partial charge in [0.2, 0.25) is 0 Å². The Bertz CT molecular complexity index is 467. The highest BCUT2D eigenvalue weighted by molar-refractivity contribution is 9.10. The quantitative estimate of drug-likeness (QED) is 0.711. The fourth-order valence-corrected chi connectivity index (χ4v) is 1.80. The summed E-state index contributed by atoms with van der Waals surface area (Å²) in [4.78, 5) is 4.63. The third kappa shape index (κ3) is 1.93. The Hall–Kier alpha value is -0.830. The molecule has 0 saturated carbocycles.